The Hall–Kier alpha value is -1.60. The maximum Gasteiger partial charge on any atom is 0.0670 e. The number of hydrogen-bond donors (Lipinski definition) is 0. The predicted molar refractivity (Wildman–Crippen MR) is 109 cm³/mol. The van der Waals surface area contributed by atoms with Crippen molar-refractivity contribution in [3.05, 3.63) is 46.5 Å². The molecule has 0 amide bonds. The highest BCUT2D eigenvalue weighted by Crippen LogP contribution is 2.27. The van der Waals surface area contributed by atoms with Crippen LogP contribution in [-0.2, 0) is 13.0 Å². The number of nitrogens with zero attached hydrogens (tertiary/aromatic N) is 3. The van der Waals surface area contributed by atoms with Gasteiger partial charge in [-0.3, -0.25) is 0 Å². The molecule has 4 heteroatoms. The molecule has 0 aromatic heterocycles. The Morgan fingerprint density at radius 1 is 1.00 bits per heavy atom. The molecule has 25 heavy (non-hydrogen) atoms. The van der Waals surface area contributed by atoms with E-state index in [1.165, 1.54) is 30.6 Å². The maximum absolute atomic E-state index is 8.81. The Kier molecular flexibility index (Phi) is 9.52. The second-order valence-electron chi connectivity index (χ2n) is 6.27. The van der Waals surface area contributed by atoms with E-state index in [9.17, 15) is 0 Å². The maximum atomic E-state index is 8.81. The highest BCUT2D eigenvalue weighted by Gasteiger charge is 2.07. The summed E-state index contributed by atoms with van der Waals surface area (Å²) in [7, 11) is 4.09. The van der Waals surface area contributed by atoms with Crippen LogP contribution in [0.1, 0.15) is 31.9 Å². The number of fused-ring (bicyclic) bond motifs is 1. The fourth-order valence-electron chi connectivity index (χ4n) is 2.78. The van der Waals surface area contributed by atoms with Gasteiger partial charge in [0, 0.05) is 11.6 Å². The number of hydrogen-bond acceptors (Lipinski definition) is 3. The van der Waals surface area contributed by atoms with Crippen molar-refractivity contribution in [1.82, 2.24) is 9.80 Å². The zero-order valence-electron chi connectivity index (χ0n) is 16.1. The fourth-order valence-corrected chi connectivity index (χ4v) is 3.02. The Bertz CT molecular complexity index is 695. The van der Waals surface area contributed by atoms with Crippen molar-refractivity contribution >= 4 is 22.4 Å². The second-order valence-corrected chi connectivity index (χ2v) is 6.68. The summed E-state index contributed by atoms with van der Waals surface area (Å²) in [5.74, 6) is 0. The number of halogens is 1. The highest BCUT2D eigenvalue weighted by atomic mass is 35.5. The molecule has 0 bridgehead atoms. The summed E-state index contributed by atoms with van der Waals surface area (Å²) < 4.78 is 0. The van der Waals surface area contributed by atoms with Gasteiger partial charge in [-0.2, -0.15) is 5.26 Å². The number of benzene rings is 2. The highest BCUT2D eigenvalue weighted by molar-refractivity contribution is 6.32. The summed E-state index contributed by atoms with van der Waals surface area (Å²) in [6.45, 7) is 11.0. The third-order valence-corrected chi connectivity index (χ3v) is 4.59. The van der Waals surface area contributed by atoms with Gasteiger partial charge in [0.15, 0.2) is 0 Å². The first-order valence-corrected chi connectivity index (χ1v) is 9.28. The monoisotopic (exact) mass is 359 g/mol. The van der Waals surface area contributed by atoms with Crippen molar-refractivity contribution in [3.8, 4) is 6.07 Å². The average Bonchev–Trinajstić information content (AvgIpc) is 2.58. The molecular formula is C21H30ClN3. The largest absolute Gasteiger partial charge is 0.305 e. The summed E-state index contributed by atoms with van der Waals surface area (Å²) in [6, 6.07) is 12.4. The summed E-state index contributed by atoms with van der Waals surface area (Å²) in [5.41, 5.74) is 2.16. The molecule has 0 unspecified atom stereocenters. The Morgan fingerprint density at radius 2 is 1.64 bits per heavy atom. The molecule has 0 spiro atoms. The molecule has 3 nitrogen and oxygen atoms in total. The minimum atomic E-state index is 0.352. The molecule has 0 aliphatic carbocycles. The minimum Gasteiger partial charge on any atom is -0.305 e. The van der Waals surface area contributed by atoms with Crippen LogP contribution in [0.3, 0.4) is 0 Å². The molecule has 2 aromatic rings. The van der Waals surface area contributed by atoms with Crippen LogP contribution in [0, 0.1) is 11.3 Å². The molecule has 0 saturated carbocycles. The van der Waals surface area contributed by atoms with E-state index in [2.05, 4.69) is 48.8 Å². The normalized spacial score (nSPS) is 10.7. The summed E-state index contributed by atoms with van der Waals surface area (Å²) in [5, 5.41) is 11.8. The summed E-state index contributed by atoms with van der Waals surface area (Å²) in [4.78, 5) is 4.51. The minimum absolute atomic E-state index is 0.352. The van der Waals surface area contributed by atoms with Crippen molar-refractivity contribution in [2.75, 3.05) is 33.7 Å². The Labute approximate surface area is 157 Å². The van der Waals surface area contributed by atoms with Gasteiger partial charge in [0.2, 0.25) is 0 Å². The molecular weight excluding hydrogens is 330 g/mol. The van der Waals surface area contributed by atoms with Gasteiger partial charge in [-0.25, -0.2) is 0 Å². The van der Waals surface area contributed by atoms with E-state index in [1.807, 2.05) is 32.3 Å². The molecule has 0 aliphatic rings. The predicted octanol–water partition coefficient (Wildman–Crippen LogP) is 4.97. The van der Waals surface area contributed by atoms with Gasteiger partial charge >= 0.3 is 0 Å². The first kappa shape index (κ1) is 21.4. The molecule has 0 fully saturated rings. The average molecular weight is 360 g/mol. The smallest absolute Gasteiger partial charge is 0.0670 e. The van der Waals surface area contributed by atoms with Gasteiger partial charge in [-0.15, -0.1) is 0 Å². The van der Waals surface area contributed by atoms with Crippen LogP contribution in [0.4, 0.5) is 0 Å². The molecule has 0 atom stereocenters. The van der Waals surface area contributed by atoms with Gasteiger partial charge in [0.05, 0.1) is 12.5 Å². The van der Waals surface area contributed by atoms with Crippen molar-refractivity contribution in [3.63, 3.8) is 0 Å². The molecule has 136 valence electrons. The van der Waals surface area contributed by atoms with Gasteiger partial charge in [0.1, 0.15) is 0 Å². The lowest BCUT2D eigenvalue weighted by Gasteiger charge is -2.13. The first-order valence-electron chi connectivity index (χ1n) is 8.90. The standard InChI is InChI=1S/C15H15ClN2.C6H15N/c1-18(2)10-13-5-3-4-11-9-15(16)12(6-7-17)8-14(11)13;1-4-7(5-2)6-3/h3-5,8-9H,6,10H2,1-2H3;4-6H2,1-3H3. The lowest BCUT2D eigenvalue weighted by Crippen LogP contribution is -2.21. The van der Waals surface area contributed by atoms with E-state index in [0.29, 0.717) is 11.4 Å². The van der Waals surface area contributed by atoms with Crippen LogP contribution in [0.15, 0.2) is 30.3 Å². The topological polar surface area (TPSA) is 30.3 Å². The van der Waals surface area contributed by atoms with E-state index in [4.69, 9.17) is 16.9 Å². The van der Waals surface area contributed by atoms with Gasteiger partial charge in [0.25, 0.3) is 0 Å². The van der Waals surface area contributed by atoms with Crippen LogP contribution in [0.2, 0.25) is 5.02 Å². The second kappa shape index (κ2) is 11.1. The molecule has 2 rings (SSSR count). The zero-order chi connectivity index (χ0) is 18.8. The molecule has 0 N–H and O–H groups in total. The first-order chi connectivity index (χ1) is 12.0. The van der Waals surface area contributed by atoms with Gasteiger partial charge in [-0.1, -0.05) is 50.6 Å². The SMILES string of the molecule is CCN(CC)CC.CN(C)Cc1cccc2cc(Cl)c(CC#N)cc12. The van der Waals surface area contributed by atoms with Crippen molar-refractivity contribution in [2.24, 2.45) is 0 Å². The number of nitriles is 1. The zero-order valence-corrected chi connectivity index (χ0v) is 16.9. The van der Waals surface area contributed by atoms with E-state index < -0.39 is 0 Å². The molecule has 0 heterocycles. The van der Waals surface area contributed by atoms with Crippen LogP contribution in [0.25, 0.3) is 10.8 Å². The summed E-state index contributed by atoms with van der Waals surface area (Å²) >= 11 is 6.18. The molecule has 0 radical (unpaired) electrons. The molecule has 2 aromatic carbocycles. The van der Waals surface area contributed by atoms with E-state index in [-0.39, 0.29) is 0 Å². The summed E-state index contributed by atoms with van der Waals surface area (Å²) in [6.07, 6.45) is 0.352. The van der Waals surface area contributed by atoms with Gasteiger partial charge < -0.3 is 9.80 Å². The van der Waals surface area contributed by atoms with Crippen LogP contribution in [-0.4, -0.2) is 43.5 Å². The van der Waals surface area contributed by atoms with Gasteiger partial charge in [-0.05, 0) is 67.8 Å². The van der Waals surface area contributed by atoms with Crippen LogP contribution >= 0.6 is 11.6 Å². The quantitative estimate of drug-likeness (QED) is 0.729. The van der Waals surface area contributed by atoms with Crippen molar-refractivity contribution in [2.45, 2.75) is 33.7 Å². The third kappa shape index (κ3) is 6.66. The molecule has 0 saturated heterocycles. The molecule has 0 aliphatic heterocycles. The van der Waals surface area contributed by atoms with Crippen LogP contribution < -0.4 is 0 Å². The van der Waals surface area contributed by atoms with Crippen LogP contribution in [0.5, 0.6) is 0 Å². The van der Waals surface area contributed by atoms with E-state index in [1.54, 1.807) is 0 Å². The van der Waals surface area contributed by atoms with Crippen molar-refractivity contribution < 1.29 is 0 Å². The Balaban J connectivity index is 0.000000381. The van der Waals surface area contributed by atoms with Crippen molar-refractivity contribution in [1.29, 1.82) is 5.26 Å². The Morgan fingerprint density at radius 3 is 2.12 bits per heavy atom. The number of rotatable bonds is 6. The van der Waals surface area contributed by atoms with E-state index >= 15 is 0 Å². The third-order valence-electron chi connectivity index (χ3n) is 4.24. The lowest BCUT2D eigenvalue weighted by atomic mass is 10.0. The van der Waals surface area contributed by atoms with E-state index in [0.717, 1.165) is 17.5 Å². The fraction of sp³-hybridized carbons (Fsp3) is 0.476. The lowest BCUT2D eigenvalue weighted by molar-refractivity contribution is 0.321.